The molecule has 2 N–H and O–H groups in total. The van der Waals surface area contributed by atoms with Crippen LogP contribution in [0.15, 0.2) is 29.4 Å². The van der Waals surface area contributed by atoms with Crippen LogP contribution in [0.5, 0.6) is 0 Å². The Labute approximate surface area is 161 Å². The minimum Gasteiger partial charge on any atom is -0.335 e. The fraction of sp³-hybridized carbons (Fsp3) is 0.444. The largest absolute Gasteiger partial charge is 0.335 e. The second kappa shape index (κ2) is 8.51. The molecule has 7 nitrogen and oxygen atoms in total. The minimum absolute atomic E-state index is 0.142. The van der Waals surface area contributed by atoms with Crippen LogP contribution in [-0.4, -0.2) is 38.0 Å². The summed E-state index contributed by atoms with van der Waals surface area (Å²) in [6.07, 6.45) is 4.09. The van der Waals surface area contributed by atoms with Gasteiger partial charge in [-0.3, -0.25) is 10.1 Å². The van der Waals surface area contributed by atoms with Crippen LogP contribution in [0.2, 0.25) is 0 Å². The van der Waals surface area contributed by atoms with Crippen molar-refractivity contribution in [2.45, 2.75) is 49.1 Å². The monoisotopic (exact) mass is 391 g/mol. The van der Waals surface area contributed by atoms with Crippen molar-refractivity contribution in [2.75, 3.05) is 0 Å². The van der Waals surface area contributed by atoms with Crippen LogP contribution in [0.1, 0.15) is 32.6 Å². The molecule has 0 bridgehead atoms. The number of hydrogen-bond acceptors (Lipinski definition) is 5. The normalized spacial score (nSPS) is 15.5. The second-order valence-corrected chi connectivity index (χ2v) is 7.86. The number of amides is 3. The van der Waals surface area contributed by atoms with Crippen molar-refractivity contribution in [3.8, 4) is 11.4 Å². The van der Waals surface area contributed by atoms with Gasteiger partial charge in [-0.15, -0.1) is 10.2 Å². The number of urea groups is 1. The van der Waals surface area contributed by atoms with Crippen molar-refractivity contribution < 1.29 is 14.0 Å². The molecule has 0 spiro atoms. The van der Waals surface area contributed by atoms with Gasteiger partial charge in [0, 0.05) is 13.1 Å². The van der Waals surface area contributed by atoms with Gasteiger partial charge < -0.3 is 9.88 Å². The lowest BCUT2D eigenvalue weighted by molar-refractivity contribution is -0.119. The van der Waals surface area contributed by atoms with Crippen molar-refractivity contribution in [3.63, 3.8) is 0 Å². The summed E-state index contributed by atoms with van der Waals surface area (Å²) in [5, 5.41) is 13.2. The number of aromatic nitrogens is 3. The smallest absolute Gasteiger partial charge is 0.321 e. The van der Waals surface area contributed by atoms with Gasteiger partial charge in [0.05, 0.1) is 10.8 Å². The van der Waals surface area contributed by atoms with Crippen LogP contribution < -0.4 is 10.6 Å². The average molecular weight is 391 g/mol. The van der Waals surface area contributed by atoms with Crippen LogP contribution in [0.4, 0.5) is 9.18 Å². The standard InChI is InChI=1S/C18H22FN5O2S/c1-11(16(25)21-17(26)20-12-7-3-4-8-12)27-18-23-22-15(24(18)2)13-9-5-6-10-14(13)19/h5-6,9-12H,3-4,7-8H2,1-2H3,(H2,20,21,25,26)/t11-/m0/s1. The Hall–Kier alpha value is -2.42. The van der Waals surface area contributed by atoms with Gasteiger partial charge in [-0.2, -0.15) is 0 Å². The van der Waals surface area contributed by atoms with Gasteiger partial charge in [-0.25, -0.2) is 9.18 Å². The third-order valence-electron chi connectivity index (χ3n) is 4.53. The number of carbonyl (C=O) groups excluding carboxylic acids is 2. The highest BCUT2D eigenvalue weighted by Crippen LogP contribution is 2.27. The lowest BCUT2D eigenvalue weighted by atomic mass is 10.2. The van der Waals surface area contributed by atoms with Gasteiger partial charge in [0.25, 0.3) is 0 Å². The quantitative estimate of drug-likeness (QED) is 0.765. The fourth-order valence-electron chi connectivity index (χ4n) is 3.01. The number of nitrogens with zero attached hydrogens (tertiary/aromatic N) is 3. The molecule has 1 aliphatic rings. The first-order valence-electron chi connectivity index (χ1n) is 8.88. The van der Waals surface area contributed by atoms with E-state index in [2.05, 4.69) is 20.8 Å². The molecule has 1 aromatic heterocycles. The van der Waals surface area contributed by atoms with Crippen molar-refractivity contribution >= 4 is 23.7 Å². The maximum Gasteiger partial charge on any atom is 0.321 e. The van der Waals surface area contributed by atoms with E-state index in [4.69, 9.17) is 0 Å². The molecule has 1 atom stereocenters. The van der Waals surface area contributed by atoms with Crippen molar-refractivity contribution in [2.24, 2.45) is 7.05 Å². The van der Waals surface area contributed by atoms with Gasteiger partial charge in [-0.1, -0.05) is 36.7 Å². The molecule has 1 aromatic carbocycles. The lowest BCUT2D eigenvalue weighted by Crippen LogP contribution is -2.45. The number of thioether (sulfide) groups is 1. The summed E-state index contributed by atoms with van der Waals surface area (Å²) >= 11 is 1.16. The zero-order chi connectivity index (χ0) is 19.4. The van der Waals surface area contributed by atoms with Crippen LogP contribution in [0.3, 0.4) is 0 Å². The van der Waals surface area contributed by atoms with Crippen molar-refractivity contribution in [3.05, 3.63) is 30.1 Å². The van der Waals surface area contributed by atoms with E-state index in [9.17, 15) is 14.0 Å². The van der Waals surface area contributed by atoms with E-state index >= 15 is 0 Å². The predicted molar refractivity (Wildman–Crippen MR) is 101 cm³/mol. The molecule has 0 radical (unpaired) electrons. The minimum atomic E-state index is -0.560. The summed E-state index contributed by atoms with van der Waals surface area (Å²) in [5.41, 5.74) is 0.340. The highest BCUT2D eigenvalue weighted by molar-refractivity contribution is 8.00. The predicted octanol–water partition coefficient (Wildman–Crippen LogP) is 2.87. The van der Waals surface area contributed by atoms with Gasteiger partial charge in [0.1, 0.15) is 5.82 Å². The number of imide groups is 1. The Morgan fingerprint density at radius 3 is 2.67 bits per heavy atom. The van der Waals surface area contributed by atoms with Gasteiger partial charge in [0.15, 0.2) is 11.0 Å². The lowest BCUT2D eigenvalue weighted by Gasteiger charge is -2.14. The van der Waals surface area contributed by atoms with E-state index in [-0.39, 0.29) is 11.9 Å². The number of rotatable bonds is 5. The molecule has 0 saturated heterocycles. The molecule has 1 aliphatic carbocycles. The van der Waals surface area contributed by atoms with E-state index in [1.54, 1.807) is 36.7 Å². The van der Waals surface area contributed by atoms with Crippen LogP contribution in [-0.2, 0) is 11.8 Å². The fourth-order valence-corrected chi connectivity index (χ4v) is 3.83. The highest BCUT2D eigenvalue weighted by Gasteiger charge is 2.23. The molecule has 0 aliphatic heterocycles. The van der Waals surface area contributed by atoms with Crippen molar-refractivity contribution in [1.29, 1.82) is 0 Å². The molecule has 3 amide bonds. The van der Waals surface area contributed by atoms with E-state index in [0.29, 0.717) is 16.5 Å². The van der Waals surface area contributed by atoms with Crippen LogP contribution >= 0.6 is 11.8 Å². The Bertz CT molecular complexity index is 835. The topological polar surface area (TPSA) is 88.9 Å². The van der Waals surface area contributed by atoms with E-state index < -0.39 is 17.2 Å². The zero-order valence-electron chi connectivity index (χ0n) is 15.2. The molecule has 27 heavy (non-hydrogen) atoms. The number of halogens is 1. The Balaban J connectivity index is 1.60. The first kappa shape index (κ1) is 19.3. The number of nitrogens with one attached hydrogen (secondary N) is 2. The Morgan fingerprint density at radius 2 is 1.96 bits per heavy atom. The summed E-state index contributed by atoms with van der Waals surface area (Å²) < 4.78 is 15.6. The average Bonchev–Trinajstić information content (AvgIpc) is 3.26. The van der Waals surface area contributed by atoms with Crippen LogP contribution in [0, 0.1) is 5.82 Å². The van der Waals surface area contributed by atoms with Gasteiger partial charge >= 0.3 is 6.03 Å². The first-order chi connectivity index (χ1) is 13.0. The molecule has 9 heteroatoms. The molecule has 1 fully saturated rings. The second-order valence-electron chi connectivity index (χ2n) is 6.55. The summed E-state index contributed by atoms with van der Waals surface area (Å²) in [5.74, 6) is -0.424. The molecule has 2 aromatic rings. The van der Waals surface area contributed by atoms with Gasteiger partial charge in [-0.05, 0) is 31.9 Å². The third-order valence-corrected chi connectivity index (χ3v) is 5.66. The van der Waals surface area contributed by atoms with Gasteiger partial charge in [0.2, 0.25) is 5.91 Å². The summed E-state index contributed by atoms with van der Waals surface area (Å²) in [6, 6.07) is 5.98. The number of hydrogen-bond donors (Lipinski definition) is 2. The Morgan fingerprint density at radius 1 is 1.26 bits per heavy atom. The third kappa shape index (κ3) is 4.65. The van der Waals surface area contributed by atoms with E-state index in [1.807, 2.05) is 0 Å². The molecular weight excluding hydrogens is 369 g/mol. The summed E-state index contributed by atoms with van der Waals surface area (Å²) in [7, 11) is 1.71. The summed E-state index contributed by atoms with van der Waals surface area (Å²) in [6.45, 7) is 1.68. The summed E-state index contributed by atoms with van der Waals surface area (Å²) in [4.78, 5) is 24.2. The molecule has 1 saturated carbocycles. The van der Waals surface area contributed by atoms with E-state index in [1.165, 1.54) is 6.07 Å². The first-order valence-corrected chi connectivity index (χ1v) is 9.76. The maximum absolute atomic E-state index is 14.0. The Kier molecular flexibility index (Phi) is 6.10. The van der Waals surface area contributed by atoms with Crippen molar-refractivity contribution in [1.82, 2.24) is 25.4 Å². The molecule has 144 valence electrons. The molecule has 0 unspecified atom stereocenters. The van der Waals surface area contributed by atoms with Crippen LogP contribution in [0.25, 0.3) is 11.4 Å². The maximum atomic E-state index is 14.0. The molecule has 3 rings (SSSR count). The highest BCUT2D eigenvalue weighted by atomic mass is 32.2. The SMILES string of the molecule is C[C@H](Sc1nnc(-c2ccccc2F)n1C)C(=O)NC(=O)NC1CCCC1. The zero-order valence-corrected chi connectivity index (χ0v) is 16.1. The molecule has 1 heterocycles. The number of carbonyl (C=O) groups is 2. The van der Waals surface area contributed by atoms with E-state index in [0.717, 1.165) is 37.4 Å². The number of benzene rings is 1. The molecular formula is C18H22FN5O2S.